The molecule has 4 N–H and O–H groups in total. The molecule has 0 aromatic heterocycles. The average Bonchev–Trinajstić information content (AvgIpc) is 2.34. The van der Waals surface area contributed by atoms with Gasteiger partial charge < -0.3 is 10.2 Å². The molecule has 0 aromatic rings. The van der Waals surface area contributed by atoms with E-state index in [0.29, 0.717) is 0 Å². The van der Waals surface area contributed by atoms with Crippen molar-refractivity contribution in [2.24, 2.45) is 21.7 Å². The first kappa shape index (κ1) is 30.9. The second-order valence-electron chi connectivity index (χ2n) is 10.8. The Balaban J connectivity index is -0.000000411. The van der Waals surface area contributed by atoms with Gasteiger partial charge in [0.15, 0.2) is 0 Å². The molecular weight excluding hydrogens is 447 g/mol. The third-order valence-electron chi connectivity index (χ3n) is 3.62. The van der Waals surface area contributed by atoms with Crippen LogP contribution in [0, 0.1) is 21.7 Å². The van der Waals surface area contributed by atoms with Crippen molar-refractivity contribution in [3.05, 3.63) is 23.7 Å². The molecule has 0 saturated carbocycles. The van der Waals surface area contributed by atoms with Gasteiger partial charge in [-0.3, -0.25) is 9.59 Å². The van der Waals surface area contributed by atoms with E-state index in [1.54, 1.807) is 0 Å². The number of aliphatic hydroxyl groups excluding tert-OH is 2. The monoisotopic (exact) mass is 490 g/mol. The molecule has 4 radical (unpaired) electrons. The summed E-state index contributed by atoms with van der Waals surface area (Å²) >= 11 is 0. The molecule has 0 heterocycles. The fourth-order valence-electron chi connectivity index (χ4n) is 1.13. The first-order chi connectivity index (χ1) is 11.1. The number of ketones is 2. The van der Waals surface area contributed by atoms with Gasteiger partial charge in [0.2, 0.25) is 0 Å². The standard InChI is InChI=1S/2C11H20O2.Sn/c2*1-10(2,3)8(12)7-9(13)11(4,5)6;/h2*7,12H,1-6H3;/p+2/b2*8-7-;. The van der Waals surface area contributed by atoms with E-state index in [1.807, 2.05) is 83.1 Å². The molecule has 0 amide bonds. The maximum Gasteiger partial charge on any atom is 0.325 e. The molecule has 4 nitrogen and oxygen atoms in total. The summed E-state index contributed by atoms with van der Waals surface area (Å²) in [5.74, 6) is 0.833. The Morgan fingerprint density at radius 2 is 0.704 bits per heavy atom. The SMILES string of the molecule is CC(C)(C)C(=[OH+])/C=C(\O)C(C)(C)C.CC(C)(C)C(=[OH+])/C=C(\O)C(C)(C)C.[Sn]. The Hall–Kier alpha value is -0.781. The number of carbonyl (C=O) groups excluding carboxylic acids is 2. The first-order valence-corrected chi connectivity index (χ1v) is 9.05. The van der Waals surface area contributed by atoms with Crippen LogP contribution in [0.4, 0.5) is 0 Å². The van der Waals surface area contributed by atoms with E-state index in [2.05, 4.69) is 0 Å². The van der Waals surface area contributed by atoms with Gasteiger partial charge in [-0.1, -0.05) is 41.5 Å². The van der Waals surface area contributed by atoms with E-state index in [-0.39, 0.29) is 68.7 Å². The fraction of sp³-hybridized carbons (Fsp3) is 0.727. The summed E-state index contributed by atoms with van der Waals surface area (Å²) < 4.78 is 0. The molecule has 0 saturated heterocycles. The number of allylic oxidation sites excluding steroid dienone is 4. The van der Waals surface area contributed by atoms with Crippen LogP contribution in [-0.2, 0) is 0 Å². The molecule has 0 aliphatic heterocycles. The number of hydrogen-bond donors (Lipinski definition) is 2. The largest absolute Gasteiger partial charge is 0.511 e. The average molecular weight is 489 g/mol. The predicted molar refractivity (Wildman–Crippen MR) is 119 cm³/mol. The van der Waals surface area contributed by atoms with Gasteiger partial charge in [0.05, 0.1) is 23.0 Å². The van der Waals surface area contributed by atoms with Gasteiger partial charge in [0.25, 0.3) is 0 Å². The number of aliphatic hydroxyl groups is 2. The zero-order valence-corrected chi connectivity index (χ0v) is 22.3. The van der Waals surface area contributed by atoms with Crippen LogP contribution in [-0.4, -0.2) is 55.3 Å². The van der Waals surface area contributed by atoms with Crippen molar-refractivity contribution in [3.8, 4) is 0 Å². The molecule has 27 heavy (non-hydrogen) atoms. The van der Waals surface area contributed by atoms with Crippen LogP contribution in [0.1, 0.15) is 83.1 Å². The van der Waals surface area contributed by atoms with Crippen molar-refractivity contribution >= 4 is 35.5 Å². The van der Waals surface area contributed by atoms with Gasteiger partial charge in [0.1, 0.15) is 11.5 Å². The molecule has 0 aromatic carbocycles. The van der Waals surface area contributed by atoms with Gasteiger partial charge in [-0.2, -0.15) is 0 Å². The van der Waals surface area contributed by atoms with Crippen LogP contribution in [0.3, 0.4) is 0 Å². The van der Waals surface area contributed by atoms with Crippen molar-refractivity contribution in [3.63, 3.8) is 0 Å². The molecule has 0 bridgehead atoms. The minimum absolute atomic E-state index is 0. The van der Waals surface area contributed by atoms with Gasteiger partial charge in [-0.15, -0.1) is 0 Å². The topological polar surface area (TPSA) is 83.3 Å². The van der Waals surface area contributed by atoms with Gasteiger partial charge in [-0.25, -0.2) is 0 Å². The quantitative estimate of drug-likeness (QED) is 0.224. The van der Waals surface area contributed by atoms with E-state index < -0.39 is 0 Å². The Labute approximate surface area is 183 Å². The maximum absolute atomic E-state index is 9.60. The van der Waals surface area contributed by atoms with Gasteiger partial charge in [-0.05, 0) is 41.5 Å². The molecule has 0 aliphatic rings. The van der Waals surface area contributed by atoms with E-state index in [0.717, 1.165) is 0 Å². The van der Waals surface area contributed by atoms with Gasteiger partial charge in [0, 0.05) is 34.7 Å². The van der Waals surface area contributed by atoms with Crippen LogP contribution >= 0.6 is 0 Å². The molecule has 0 spiro atoms. The summed E-state index contributed by atoms with van der Waals surface area (Å²) in [6, 6.07) is 0. The van der Waals surface area contributed by atoms with Crippen LogP contribution in [0.5, 0.6) is 0 Å². The van der Waals surface area contributed by atoms with E-state index >= 15 is 0 Å². The molecular formula is C22H42O4Sn+2. The Kier molecular flexibility index (Phi) is 12.2. The fourth-order valence-corrected chi connectivity index (χ4v) is 1.13. The molecule has 0 rings (SSSR count). The number of rotatable bonds is 2. The van der Waals surface area contributed by atoms with E-state index in [4.69, 9.17) is 0 Å². The van der Waals surface area contributed by atoms with Crippen molar-refractivity contribution in [2.45, 2.75) is 83.1 Å². The summed E-state index contributed by atoms with van der Waals surface area (Å²) in [7, 11) is 0. The Morgan fingerprint density at radius 3 is 0.815 bits per heavy atom. The summed E-state index contributed by atoms with van der Waals surface area (Å²) in [4.78, 5) is 19.2. The van der Waals surface area contributed by atoms with E-state index in [9.17, 15) is 19.8 Å². The second kappa shape index (κ2) is 10.7. The summed E-state index contributed by atoms with van der Waals surface area (Å²) in [5, 5.41) is 19.2. The molecule has 5 heteroatoms. The molecule has 0 atom stereocenters. The van der Waals surface area contributed by atoms with Crippen molar-refractivity contribution in [1.82, 2.24) is 0 Å². The van der Waals surface area contributed by atoms with Gasteiger partial charge >= 0.3 is 11.6 Å². The van der Waals surface area contributed by atoms with Crippen molar-refractivity contribution < 1.29 is 19.8 Å². The van der Waals surface area contributed by atoms with Crippen LogP contribution < -0.4 is 0 Å². The smallest absolute Gasteiger partial charge is 0.325 e. The zero-order valence-electron chi connectivity index (χ0n) is 19.4. The minimum Gasteiger partial charge on any atom is -0.511 e. The zero-order chi connectivity index (χ0) is 21.7. The third-order valence-corrected chi connectivity index (χ3v) is 3.62. The van der Waals surface area contributed by atoms with Crippen LogP contribution in [0.25, 0.3) is 0 Å². The Morgan fingerprint density at radius 1 is 0.519 bits per heavy atom. The van der Waals surface area contributed by atoms with Crippen LogP contribution in [0.15, 0.2) is 23.7 Å². The molecule has 0 unspecified atom stereocenters. The van der Waals surface area contributed by atoms with Crippen molar-refractivity contribution in [1.29, 1.82) is 0 Å². The Bertz CT molecular complexity index is 505. The molecule has 0 aliphatic carbocycles. The molecule has 0 fully saturated rings. The number of hydrogen-bond acceptors (Lipinski definition) is 2. The second-order valence-corrected chi connectivity index (χ2v) is 10.8. The summed E-state index contributed by atoms with van der Waals surface area (Å²) in [5.41, 5.74) is -1.23. The first-order valence-electron chi connectivity index (χ1n) is 9.05. The summed E-state index contributed by atoms with van der Waals surface area (Å²) in [6.07, 6.45) is 2.89. The van der Waals surface area contributed by atoms with Crippen LogP contribution in [0.2, 0.25) is 0 Å². The minimum atomic E-state index is -0.306. The third kappa shape index (κ3) is 13.9. The molecule has 156 valence electrons. The normalized spacial score (nSPS) is 13.9. The predicted octanol–water partition coefficient (Wildman–Crippen LogP) is 5.75. The maximum atomic E-state index is 9.60. The summed E-state index contributed by atoms with van der Waals surface area (Å²) in [6.45, 7) is 22.8. The van der Waals surface area contributed by atoms with Crippen molar-refractivity contribution in [2.75, 3.05) is 0 Å². The van der Waals surface area contributed by atoms with E-state index in [1.165, 1.54) is 12.2 Å².